The molecular formula is C13H7ClF4N2O3. The van der Waals surface area contributed by atoms with E-state index in [9.17, 15) is 31.9 Å². The Balaban J connectivity index is 2.71. The fourth-order valence-corrected chi connectivity index (χ4v) is 1.97. The van der Waals surface area contributed by atoms with Crippen LogP contribution >= 0.6 is 11.6 Å². The normalized spacial score (nSPS) is 11.5. The highest BCUT2D eigenvalue weighted by atomic mass is 35.5. The van der Waals surface area contributed by atoms with Crippen molar-refractivity contribution in [3.8, 4) is 5.69 Å². The van der Waals surface area contributed by atoms with Gasteiger partial charge in [-0.1, -0.05) is 0 Å². The van der Waals surface area contributed by atoms with Crippen molar-refractivity contribution >= 4 is 17.4 Å². The molecule has 2 aromatic rings. The molecule has 0 amide bonds. The average molecular weight is 351 g/mol. The number of carbonyl (C=O) groups is 1. The molecule has 1 heterocycles. The molecule has 1 N–H and O–H groups in total. The molecule has 5 nitrogen and oxygen atoms in total. The summed E-state index contributed by atoms with van der Waals surface area (Å²) in [6.07, 6.45) is -4.94. The summed E-state index contributed by atoms with van der Waals surface area (Å²) in [7, 11) is 0. The number of alkyl halides is 4. The zero-order valence-electron chi connectivity index (χ0n) is 11.1. The number of benzene rings is 1. The van der Waals surface area contributed by atoms with Crippen molar-refractivity contribution < 1.29 is 22.4 Å². The number of rotatable bonds is 3. The Labute approximate surface area is 130 Å². The van der Waals surface area contributed by atoms with Crippen LogP contribution < -0.4 is 11.2 Å². The highest BCUT2D eigenvalue weighted by Gasteiger charge is 2.33. The van der Waals surface area contributed by atoms with E-state index in [-0.39, 0.29) is 16.2 Å². The van der Waals surface area contributed by atoms with Gasteiger partial charge in [-0.3, -0.25) is 9.59 Å². The van der Waals surface area contributed by atoms with Crippen LogP contribution in [-0.4, -0.2) is 21.2 Å². The molecule has 0 unspecified atom stereocenters. The molecule has 1 aromatic heterocycles. The predicted molar refractivity (Wildman–Crippen MR) is 72.7 cm³/mol. The number of nitrogens with one attached hydrogen (secondary N) is 1. The lowest BCUT2D eigenvalue weighted by atomic mass is 10.1. The van der Waals surface area contributed by atoms with Crippen LogP contribution in [0.1, 0.15) is 16.1 Å². The monoisotopic (exact) mass is 350 g/mol. The Morgan fingerprint density at radius 1 is 1.22 bits per heavy atom. The summed E-state index contributed by atoms with van der Waals surface area (Å²) in [5, 5.41) is 0. The molecule has 0 saturated heterocycles. The Morgan fingerprint density at radius 3 is 2.39 bits per heavy atom. The van der Waals surface area contributed by atoms with Crippen LogP contribution in [0.5, 0.6) is 0 Å². The van der Waals surface area contributed by atoms with E-state index >= 15 is 0 Å². The smallest absolute Gasteiger partial charge is 0.303 e. The number of Topliss-reactive ketones (excluding diaryl/α,β-unsaturated/α-hetero) is 1. The van der Waals surface area contributed by atoms with Gasteiger partial charge >= 0.3 is 11.9 Å². The van der Waals surface area contributed by atoms with Crippen LogP contribution in [0.25, 0.3) is 5.69 Å². The minimum Gasteiger partial charge on any atom is -0.303 e. The van der Waals surface area contributed by atoms with Crippen molar-refractivity contribution in [3.63, 3.8) is 0 Å². The summed E-state index contributed by atoms with van der Waals surface area (Å²) in [6.45, 7) is 0. The average Bonchev–Trinajstić information content (AvgIpc) is 2.46. The van der Waals surface area contributed by atoms with Gasteiger partial charge in [0.05, 0.1) is 11.6 Å². The molecule has 0 bridgehead atoms. The van der Waals surface area contributed by atoms with Gasteiger partial charge in [-0.2, -0.15) is 13.2 Å². The number of halogens is 5. The van der Waals surface area contributed by atoms with Crippen molar-refractivity contribution in [3.05, 3.63) is 62.2 Å². The maximum atomic E-state index is 13.8. The first kappa shape index (κ1) is 16.9. The minimum atomic E-state index is -4.94. The van der Waals surface area contributed by atoms with Gasteiger partial charge in [0.2, 0.25) is 0 Å². The van der Waals surface area contributed by atoms with E-state index in [0.29, 0.717) is 0 Å². The number of ketones is 1. The third kappa shape index (κ3) is 3.34. The number of carbonyl (C=O) groups excluding carboxylic acids is 1. The van der Waals surface area contributed by atoms with Crippen molar-refractivity contribution in [2.45, 2.75) is 6.18 Å². The third-order valence-corrected chi connectivity index (χ3v) is 3.11. The van der Waals surface area contributed by atoms with E-state index in [0.717, 1.165) is 18.2 Å². The molecule has 10 heteroatoms. The molecular weight excluding hydrogens is 344 g/mol. The van der Waals surface area contributed by atoms with Gasteiger partial charge in [-0.05, 0) is 18.2 Å². The van der Waals surface area contributed by atoms with Crippen LogP contribution in [0.15, 0.2) is 33.9 Å². The van der Waals surface area contributed by atoms with Crippen LogP contribution in [0, 0.1) is 5.82 Å². The maximum Gasteiger partial charge on any atom is 0.431 e. The SMILES string of the molecule is O=C(CCl)c1ccc(F)c(-n2c(=O)cc(C(F)(F)F)[nH]c2=O)c1. The summed E-state index contributed by atoms with van der Waals surface area (Å²) in [4.78, 5) is 36.5. The van der Waals surface area contributed by atoms with Gasteiger partial charge in [-0.25, -0.2) is 13.8 Å². The molecule has 0 saturated carbocycles. The predicted octanol–water partition coefficient (Wildman–Crippen LogP) is 2.11. The lowest BCUT2D eigenvalue weighted by Gasteiger charge is -2.10. The molecule has 2 rings (SSSR count). The summed E-state index contributed by atoms with van der Waals surface area (Å²) >= 11 is 5.35. The van der Waals surface area contributed by atoms with Crippen LogP contribution in [0.2, 0.25) is 0 Å². The molecule has 1 aromatic carbocycles. The summed E-state index contributed by atoms with van der Waals surface area (Å²) in [5.41, 5.74) is -5.18. The van der Waals surface area contributed by atoms with Gasteiger partial charge in [0.15, 0.2) is 5.78 Å². The van der Waals surface area contributed by atoms with E-state index in [1.165, 1.54) is 4.98 Å². The highest BCUT2D eigenvalue weighted by molar-refractivity contribution is 6.30. The van der Waals surface area contributed by atoms with Crippen molar-refractivity contribution in [1.82, 2.24) is 9.55 Å². The number of hydrogen-bond donors (Lipinski definition) is 1. The zero-order valence-corrected chi connectivity index (χ0v) is 11.8. The lowest BCUT2D eigenvalue weighted by molar-refractivity contribution is -0.141. The van der Waals surface area contributed by atoms with E-state index in [4.69, 9.17) is 11.6 Å². The molecule has 23 heavy (non-hydrogen) atoms. The van der Waals surface area contributed by atoms with Crippen LogP contribution in [-0.2, 0) is 6.18 Å². The first-order chi connectivity index (χ1) is 10.6. The molecule has 122 valence electrons. The van der Waals surface area contributed by atoms with Gasteiger partial charge in [0, 0.05) is 11.6 Å². The Kier molecular flexibility index (Phi) is 4.42. The lowest BCUT2D eigenvalue weighted by Crippen LogP contribution is -2.36. The molecule has 0 radical (unpaired) electrons. The number of H-pyrrole nitrogens is 1. The summed E-state index contributed by atoms with van der Waals surface area (Å²) in [5.74, 6) is -2.10. The molecule has 0 aliphatic heterocycles. The summed E-state index contributed by atoms with van der Waals surface area (Å²) < 4.78 is 51.6. The summed E-state index contributed by atoms with van der Waals surface area (Å²) in [6, 6.07) is 2.87. The van der Waals surface area contributed by atoms with Gasteiger partial charge in [0.25, 0.3) is 5.56 Å². The third-order valence-electron chi connectivity index (χ3n) is 2.87. The maximum absolute atomic E-state index is 13.8. The van der Waals surface area contributed by atoms with Crippen molar-refractivity contribution in [1.29, 1.82) is 0 Å². The van der Waals surface area contributed by atoms with E-state index in [1.54, 1.807) is 0 Å². The van der Waals surface area contributed by atoms with Gasteiger partial charge in [0.1, 0.15) is 11.5 Å². The second kappa shape index (κ2) is 5.99. The number of aromatic nitrogens is 2. The molecule has 0 atom stereocenters. The minimum absolute atomic E-state index is 0.0948. The van der Waals surface area contributed by atoms with Crippen LogP contribution in [0.3, 0.4) is 0 Å². The molecule has 0 fully saturated rings. The quantitative estimate of drug-likeness (QED) is 0.523. The fraction of sp³-hybridized carbons (Fsp3) is 0.154. The first-order valence-electron chi connectivity index (χ1n) is 5.98. The largest absolute Gasteiger partial charge is 0.431 e. The molecule has 0 spiro atoms. The van der Waals surface area contributed by atoms with E-state index in [1.807, 2.05) is 0 Å². The number of nitrogens with zero attached hydrogens (tertiary/aromatic N) is 1. The van der Waals surface area contributed by atoms with E-state index < -0.39 is 46.3 Å². The first-order valence-corrected chi connectivity index (χ1v) is 6.51. The zero-order chi connectivity index (χ0) is 17.4. The van der Waals surface area contributed by atoms with Gasteiger partial charge in [-0.15, -0.1) is 11.6 Å². The second-order valence-corrected chi connectivity index (χ2v) is 4.65. The molecule has 0 aliphatic rings. The van der Waals surface area contributed by atoms with Crippen LogP contribution in [0.4, 0.5) is 17.6 Å². The Morgan fingerprint density at radius 2 is 1.87 bits per heavy atom. The fourth-order valence-electron chi connectivity index (χ4n) is 1.81. The standard InChI is InChI=1S/C13H7ClF4N2O3/c14-5-9(21)6-1-2-7(15)8(3-6)20-11(22)4-10(13(16,17)18)19-12(20)23/h1-4H,5H2,(H,19,23). The Bertz CT molecular complexity index is 855. The second-order valence-electron chi connectivity index (χ2n) is 4.38. The van der Waals surface area contributed by atoms with E-state index in [2.05, 4.69) is 0 Å². The topological polar surface area (TPSA) is 71.9 Å². The van der Waals surface area contributed by atoms with Crippen molar-refractivity contribution in [2.24, 2.45) is 0 Å². The number of hydrogen-bond acceptors (Lipinski definition) is 3. The van der Waals surface area contributed by atoms with Gasteiger partial charge < -0.3 is 4.98 Å². The highest BCUT2D eigenvalue weighted by Crippen LogP contribution is 2.25. The molecule has 0 aliphatic carbocycles. The van der Waals surface area contributed by atoms with Crippen molar-refractivity contribution in [2.75, 3.05) is 5.88 Å². The Hall–Kier alpha value is -2.42. The number of aromatic amines is 1.